The van der Waals surface area contributed by atoms with E-state index in [1.165, 1.54) is 0 Å². The van der Waals surface area contributed by atoms with Crippen molar-refractivity contribution in [1.82, 2.24) is 14.8 Å². The molecule has 0 aliphatic carbocycles. The molecular weight excluding hydrogens is 318 g/mol. The topological polar surface area (TPSA) is 71.4 Å². The van der Waals surface area contributed by atoms with Crippen molar-refractivity contribution < 1.29 is 9.59 Å². The van der Waals surface area contributed by atoms with Gasteiger partial charge in [-0.25, -0.2) is 0 Å². The van der Waals surface area contributed by atoms with E-state index in [-0.39, 0.29) is 23.8 Å². The van der Waals surface area contributed by atoms with Crippen molar-refractivity contribution in [1.29, 1.82) is 0 Å². The second-order valence-electron chi connectivity index (χ2n) is 6.47. The Morgan fingerprint density at radius 2 is 2.00 bits per heavy atom. The third kappa shape index (κ3) is 3.29. The van der Waals surface area contributed by atoms with Gasteiger partial charge < -0.3 is 14.8 Å². The molecule has 0 spiro atoms. The highest BCUT2D eigenvalue weighted by atomic mass is 16.2. The minimum atomic E-state index is -0.405. The van der Waals surface area contributed by atoms with E-state index in [2.05, 4.69) is 5.32 Å². The third-order valence-electron chi connectivity index (χ3n) is 4.89. The number of rotatable bonds is 3. The van der Waals surface area contributed by atoms with E-state index in [4.69, 9.17) is 0 Å². The van der Waals surface area contributed by atoms with Crippen molar-refractivity contribution in [3.05, 3.63) is 46.2 Å². The number of carbonyl (C=O) groups is 2. The van der Waals surface area contributed by atoms with Crippen molar-refractivity contribution in [3.63, 3.8) is 0 Å². The molecule has 1 aromatic carbocycles. The molecule has 6 heteroatoms. The first kappa shape index (κ1) is 17.2. The number of likely N-dealkylation sites (N-methyl/N-ethyl adjacent to an activating group) is 1. The summed E-state index contributed by atoms with van der Waals surface area (Å²) in [6, 6.07) is 8.45. The molecule has 1 fully saturated rings. The number of aryl methyl sites for hydroxylation is 1. The van der Waals surface area contributed by atoms with E-state index in [9.17, 15) is 14.4 Å². The molecule has 1 aliphatic heterocycles. The van der Waals surface area contributed by atoms with Crippen LogP contribution in [0.4, 0.5) is 0 Å². The number of aromatic nitrogens is 1. The number of hydrogen-bond acceptors (Lipinski definition) is 3. The molecular formula is C19H23N3O3. The lowest BCUT2D eigenvalue weighted by atomic mass is 10.0. The van der Waals surface area contributed by atoms with Gasteiger partial charge in [-0.1, -0.05) is 12.1 Å². The summed E-state index contributed by atoms with van der Waals surface area (Å²) in [6.07, 6.45) is 2.54. The Bertz CT molecular complexity index is 872. The van der Waals surface area contributed by atoms with Crippen LogP contribution in [0.2, 0.25) is 0 Å². The summed E-state index contributed by atoms with van der Waals surface area (Å²) in [5, 5.41) is 3.25. The SMILES string of the molecule is CNC(=O)C1CCCCN1C(=O)Cn1c(C)cc(=O)c2ccccc21. The number of nitrogens with zero attached hydrogens (tertiary/aromatic N) is 2. The molecule has 2 aromatic rings. The molecule has 2 heterocycles. The Kier molecular flexibility index (Phi) is 4.88. The van der Waals surface area contributed by atoms with Gasteiger partial charge in [-0.3, -0.25) is 14.4 Å². The highest BCUT2D eigenvalue weighted by Crippen LogP contribution is 2.19. The van der Waals surface area contributed by atoms with Gasteiger partial charge in [-0.15, -0.1) is 0 Å². The summed E-state index contributed by atoms with van der Waals surface area (Å²) >= 11 is 0. The van der Waals surface area contributed by atoms with E-state index in [1.807, 2.05) is 29.7 Å². The Hall–Kier alpha value is -2.63. The second kappa shape index (κ2) is 7.09. The summed E-state index contributed by atoms with van der Waals surface area (Å²) in [4.78, 5) is 38.9. The molecule has 25 heavy (non-hydrogen) atoms. The van der Waals surface area contributed by atoms with Crippen LogP contribution in [0, 0.1) is 6.92 Å². The molecule has 132 valence electrons. The van der Waals surface area contributed by atoms with Crippen LogP contribution in [0.3, 0.4) is 0 Å². The van der Waals surface area contributed by atoms with Gasteiger partial charge in [0.15, 0.2) is 5.43 Å². The Morgan fingerprint density at radius 1 is 1.24 bits per heavy atom. The number of pyridine rings is 1. The van der Waals surface area contributed by atoms with E-state index < -0.39 is 6.04 Å². The van der Waals surface area contributed by atoms with Crippen molar-refractivity contribution in [2.45, 2.75) is 38.8 Å². The molecule has 1 atom stereocenters. The number of piperidine rings is 1. The Labute approximate surface area is 146 Å². The van der Waals surface area contributed by atoms with Gasteiger partial charge in [0, 0.05) is 30.7 Å². The molecule has 1 aromatic heterocycles. The van der Waals surface area contributed by atoms with Crippen molar-refractivity contribution >= 4 is 22.7 Å². The number of nitrogens with one attached hydrogen (secondary N) is 1. The van der Waals surface area contributed by atoms with E-state index in [0.717, 1.165) is 24.1 Å². The molecule has 0 bridgehead atoms. The minimum absolute atomic E-state index is 0.0435. The molecule has 1 unspecified atom stereocenters. The lowest BCUT2D eigenvalue weighted by molar-refractivity contribution is -0.142. The fourth-order valence-electron chi connectivity index (χ4n) is 3.56. The van der Waals surface area contributed by atoms with Crippen LogP contribution in [0.15, 0.2) is 35.1 Å². The number of carbonyl (C=O) groups excluding carboxylic acids is 2. The molecule has 1 saturated heterocycles. The fraction of sp³-hybridized carbons (Fsp3) is 0.421. The summed E-state index contributed by atoms with van der Waals surface area (Å²) in [5.41, 5.74) is 1.44. The maximum absolute atomic E-state index is 12.9. The first-order valence-corrected chi connectivity index (χ1v) is 8.63. The van der Waals surface area contributed by atoms with Gasteiger partial charge in [-0.2, -0.15) is 0 Å². The molecule has 6 nitrogen and oxygen atoms in total. The standard InChI is InChI=1S/C19H23N3O3/c1-13-11-17(23)14-7-3-4-8-15(14)22(13)12-18(24)21-10-6-5-9-16(21)19(25)20-2/h3-4,7-8,11,16H,5-6,9-10,12H2,1-2H3,(H,20,25). The lowest BCUT2D eigenvalue weighted by Crippen LogP contribution is -2.52. The van der Waals surface area contributed by atoms with Gasteiger partial charge in [-0.05, 0) is 38.3 Å². The highest BCUT2D eigenvalue weighted by Gasteiger charge is 2.31. The van der Waals surface area contributed by atoms with Crippen LogP contribution in [0.1, 0.15) is 25.0 Å². The largest absolute Gasteiger partial charge is 0.357 e. The number of likely N-dealkylation sites (tertiary alicyclic amines) is 1. The minimum Gasteiger partial charge on any atom is -0.357 e. The zero-order chi connectivity index (χ0) is 18.0. The normalized spacial score (nSPS) is 17.5. The Balaban J connectivity index is 1.94. The van der Waals surface area contributed by atoms with Crippen LogP contribution >= 0.6 is 0 Å². The average molecular weight is 341 g/mol. The number of amides is 2. The maximum Gasteiger partial charge on any atom is 0.243 e. The Morgan fingerprint density at radius 3 is 2.76 bits per heavy atom. The van der Waals surface area contributed by atoms with Crippen molar-refractivity contribution in [3.8, 4) is 0 Å². The van der Waals surface area contributed by atoms with Gasteiger partial charge in [0.05, 0.1) is 5.52 Å². The number of fused-ring (bicyclic) bond motifs is 1. The van der Waals surface area contributed by atoms with Gasteiger partial charge in [0.1, 0.15) is 12.6 Å². The highest BCUT2D eigenvalue weighted by molar-refractivity contribution is 5.88. The summed E-state index contributed by atoms with van der Waals surface area (Å²) < 4.78 is 1.86. The smallest absolute Gasteiger partial charge is 0.243 e. The zero-order valence-electron chi connectivity index (χ0n) is 14.6. The fourth-order valence-corrected chi connectivity index (χ4v) is 3.56. The van der Waals surface area contributed by atoms with Crippen molar-refractivity contribution in [2.75, 3.05) is 13.6 Å². The average Bonchev–Trinajstić information content (AvgIpc) is 2.64. The molecule has 0 saturated carbocycles. The third-order valence-corrected chi connectivity index (χ3v) is 4.89. The zero-order valence-corrected chi connectivity index (χ0v) is 14.6. The van der Waals surface area contributed by atoms with Crippen LogP contribution in [0.25, 0.3) is 10.9 Å². The monoisotopic (exact) mass is 341 g/mol. The lowest BCUT2D eigenvalue weighted by Gasteiger charge is -2.35. The first-order valence-electron chi connectivity index (χ1n) is 8.63. The summed E-state index contributed by atoms with van der Waals surface area (Å²) in [5.74, 6) is -0.209. The van der Waals surface area contributed by atoms with Gasteiger partial charge in [0.25, 0.3) is 0 Å². The predicted octanol–water partition coefficient (Wildman–Crippen LogP) is 1.44. The van der Waals surface area contributed by atoms with E-state index in [0.29, 0.717) is 18.4 Å². The molecule has 1 N–H and O–H groups in total. The quantitative estimate of drug-likeness (QED) is 0.918. The number of para-hydroxylation sites is 1. The summed E-state index contributed by atoms with van der Waals surface area (Å²) in [6.45, 7) is 2.54. The van der Waals surface area contributed by atoms with Crippen LogP contribution in [-0.2, 0) is 16.1 Å². The van der Waals surface area contributed by atoms with Crippen LogP contribution in [-0.4, -0.2) is 40.9 Å². The van der Waals surface area contributed by atoms with Crippen LogP contribution in [0.5, 0.6) is 0 Å². The van der Waals surface area contributed by atoms with Crippen LogP contribution < -0.4 is 10.7 Å². The number of benzene rings is 1. The maximum atomic E-state index is 12.9. The van der Waals surface area contributed by atoms with Gasteiger partial charge in [0.2, 0.25) is 11.8 Å². The predicted molar refractivity (Wildman–Crippen MR) is 96.4 cm³/mol. The second-order valence-corrected chi connectivity index (χ2v) is 6.47. The number of hydrogen-bond donors (Lipinski definition) is 1. The van der Waals surface area contributed by atoms with Crippen molar-refractivity contribution in [2.24, 2.45) is 0 Å². The molecule has 1 aliphatic rings. The molecule has 3 rings (SSSR count). The van der Waals surface area contributed by atoms with E-state index in [1.54, 1.807) is 24.1 Å². The molecule has 0 radical (unpaired) electrons. The first-order chi connectivity index (χ1) is 12.0. The molecule has 2 amide bonds. The van der Waals surface area contributed by atoms with Gasteiger partial charge >= 0.3 is 0 Å². The van der Waals surface area contributed by atoms with E-state index >= 15 is 0 Å². The summed E-state index contributed by atoms with van der Waals surface area (Å²) in [7, 11) is 1.60.